The van der Waals surface area contributed by atoms with E-state index in [1.165, 1.54) is 38.3 Å². The molecule has 4 aromatic heterocycles. The third-order valence-electron chi connectivity index (χ3n) is 11.0. The van der Waals surface area contributed by atoms with Gasteiger partial charge in [-0.1, -0.05) is 80.6 Å². The van der Waals surface area contributed by atoms with Crippen molar-refractivity contribution in [3.8, 4) is 17.2 Å². The number of rotatable bonds is 4. The van der Waals surface area contributed by atoms with Crippen molar-refractivity contribution in [3.63, 3.8) is 0 Å². The fourth-order valence-electron chi connectivity index (χ4n) is 8.59. The van der Waals surface area contributed by atoms with E-state index in [1.807, 2.05) is 24.7 Å². The highest BCUT2D eigenvalue weighted by Gasteiger charge is 2.38. The van der Waals surface area contributed by atoms with E-state index in [2.05, 4.69) is 167 Å². The maximum Gasteiger partial charge on any atom is 0.145 e. The molecule has 53 heavy (non-hydrogen) atoms. The number of aromatic nitrogens is 4. The summed E-state index contributed by atoms with van der Waals surface area (Å²) in [6.07, 6.45) is 5.74. The molecule has 0 amide bonds. The summed E-state index contributed by atoms with van der Waals surface area (Å²) in [4.78, 5) is 11.9. The lowest BCUT2D eigenvalue weighted by Gasteiger charge is -2.41. The van der Waals surface area contributed by atoms with E-state index in [0.717, 1.165) is 56.3 Å². The van der Waals surface area contributed by atoms with Gasteiger partial charge in [0.25, 0.3) is 0 Å². The summed E-state index contributed by atoms with van der Waals surface area (Å²) in [5.74, 6) is 2.37. The van der Waals surface area contributed by atoms with Crippen LogP contribution in [0.15, 0.2) is 164 Å². The van der Waals surface area contributed by atoms with Crippen LogP contribution in [0.1, 0.15) is 25.0 Å². The van der Waals surface area contributed by atoms with E-state index in [4.69, 9.17) is 14.7 Å². The number of benzene rings is 6. The molecule has 0 aliphatic carbocycles. The van der Waals surface area contributed by atoms with Crippen molar-refractivity contribution in [2.75, 3.05) is 4.90 Å². The Kier molecular flexibility index (Phi) is 6.20. The number of fused-ring (bicyclic) bond motifs is 11. The van der Waals surface area contributed by atoms with Gasteiger partial charge in [-0.25, -0.2) is 9.97 Å². The molecule has 0 N–H and O–H groups in total. The molecule has 1 aliphatic heterocycles. The predicted molar refractivity (Wildman–Crippen MR) is 216 cm³/mol. The topological polar surface area (TPSA) is 47.6 Å². The van der Waals surface area contributed by atoms with Gasteiger partial charge in [-0.15, -0.1) is 0 Å². The van der Waals surface area contributed by atoms with Crippen molar-refractivity contribution in [2.24, 2.45) is 0 Å². The average molecular weight is 684 g/mol. The smallest absolute Gasteiger partial charge is 0.145 e. The van der Waals surface area contributed by atoms with Gasteiger partial charge in [-0.2, -0.15) is 0 Å². The van der Waals surface area contributed by atoms with Crippen molar-refractivity contribution in [3.05, 3.63) is 175 Å². The van der Waals surface area contributed by atoms with E-state index in [9.17, 15) is 0 Å². The number of pyridine rings is 2. The first-order chi connectivity index (χ1) is 26.0. The van der Waals surface area contributed by atoms with Gasteiger partial charge >= 0.3 is 0 Å². The van der Waals surface area contributed by atoms with E-state index in [0.29, 0.717) is 0 Å². The molecule has 11 rings (SSSR count). The molecule has 0 atom stereocenters. The molecule has 6 heteroatoms. The summed E-state index contributed by atoms with van der Waals surface area (Å²) in [6.45, 7) is 4.65. The van der Waals surface area contributed by atoms with Crippen molar-refractivity contribution >= 4 is 66.3 Å². The third kappa shape index (κ3) is 4.33. The lowest BCUT2D eigenvalue weighted by Crippen LogP contribution is -2.31. The molecule has 0 spiro atoms. The highest BCUT2D eigenvalue weighted by atomic mass is 16.5. The second-order valence-electron chi connectivity index (χ2n) is 14.3. The van der Waals surface area contributed by atoms with Gasteiger partial charge < -0.3 is 9.30 Å². The summed E-state index contributed by atoms with van der Waals surface area (Å²) < 4.78 is 11.3. The lowest BCUT2D eigenvalue weighted by atomic mass is 9.73. The molecule has 252 valence electrons. The zero-order valence-electron chi connectivity index (χ0n) is 29.2. The Balaban J connectivity index is 1.10. The van der Waals surface area contributed by atoms with Crippen LogP contribution in [0, 0.1) is 0 Å². The number of hydrogen-bond donors (Lipinski definition) is 0. The maximum absolute atomic E-state index is 6.72. The Bertz CT molecular complexity index is 3070. The molecule has 6 aromatic carbocycles. The number of ether oxygens (including phenoxy) is 1. The quantitative estimate of drug-likeness (QED) is 0.173. The first-order valence-corrected chi connectivity index (χ1v) is 18.0. The van der Waals surface area contributed by atoms with E-state index in [1.54, 1.807) is 0 Å². The van der Waals surface area contributed by atoms with Crippen LogP contribution in [0.5, 0.6) is 11.5 Å². The molecule has 0 bridgehead atoms. The Labute approximate surface area is 305 Å². The minimum Gasteiger partial charge on any atom is -0.457 e. The summed E-state index contributed by atoms with van der Waals surface area (Å²) in [5, 5.41) is 5.79. The molecule has 0 saturated carbocycles. The molecule has 0 unspecified atom stereocenters. The second kappa shape index (κ2) is 11.0. The van der Waals surface area contributed by atoms with Crippen LogP contribution in [-0.4, -0.2) is 18.9 Å². The number of anilines is 3. The molecular weight excluding hydrogens is 651 g/mol. The van der Waals surface area contributed by atoms with E-state index < -0.39 is 0 Å². The molecule has 10 aromatic rings. The number of hydrogen-bond acceptors (Lipinski definition) is 4. The Morgan fingerprint density at radius 1 is 0.509 bits per heavy atom. The maximum atomic E-state index is 6.72. The fourth-order valence-corrected chi connectivity index (χ4v) is 8.59. The molecule has 0 fully saturated rings. The Morgan fingerprint density at radius 2 is 1.23 bits per heavy atom. The second-order valence-corrected chi connectivity index (χ2v) is 14.3. The normalized spacial score (nSPS) is 13.6. The minimum atomic E-state index is -0.322. The Morgan fingerprint density at radius 3 is 2.06 bits per heavy atom. The monoisotopic (exact) mass is 683 g/mol. The predicted octanol–water partition coefficient (Wildman–Crippen LogP) is 12.0. The van der Waals surface area contributed by atoms with Crippen molar-refractivity contribution in [1.82, 2.24) is 18.9 Å². The summed E-state index contributed by atoms with van der Waals surface area (Å²) in [6, 6.07) is 51.5. The van der Waals surface area contributed by atoms with Crippen LogP contribution in [0.25, 0.3) is 54.8 Å². The first kappa shape index (κ1) is 29.8. The summed E-state index contributed by atoms with van der Waals surface area (Å²) in [5.41, 5.74) is 9.84. The molecule has 5 heterocycles. The van der Waals surface area contributed by atoms with Crippen LogP contribution in [0.2, 0.25) is 0 Å². The van der Waals surface area contributed by atoms with Gasteiger partial charge in [0.2, 0.25) is 0 Å². The molecule has 6 nitrogen and oxygen atoms in total. The van der Waals surface area contributed by atoms with Crippen LogP contribution < -0.4 is 9.64 Å². The Hall–Kier alpha value is -6.92. The average Bonchev–Trinajstić information content (AvgIpc) is 3.82. The van der Waals surface area contributed by atoms with E-state index >= 15 is 0 Å². The number of para-hydroxylation sites is 3. The standard InChI is InChI=1S/C47H33N5O/c1-47(2)38-22-20-32(53-31-19-21-33-34-14-6-8-16-40(34)50-25-24-49-46(50)37(33)26-31)27-43(38)52(45-18-10-11-23-48-45)44-28-36-35-15-7-9-17-41(35)51(42(36)29-39(44)47)30-12-4-3-5-13-30/h3-29H,1-2H3. The van der Waals surface area contributed by atoms with Crippen LogP contribution in [0.4, 0.5) is 17.2 Å². The highest BCUT2D eigenvalue weighted by molar-refractivity contribution is 6.13. The van der Waals surface area contributed by atoms with Crippen LogP contribution >= 0.6 is 0 Å². The zero-order chi connectivity index (χ0) is 35.3. The summed E-state index contributed by atoms with van der Waals surface area (Å²) >= 11 is 0. The number of nitrogens with zero attached hydrogens (tertiary/aromatic N) is 5. The van der Waals surface area contributed by atoms with Crippen molar-refractivity contribution < 1.29 is 4.74 Å². The zero-order valence-corrected chi connectivity index (χ0v) is 29.2. The van der Waals surface area contributed by atoms with Crippen LogP contribution in [0.3, 0.4) is 0 Å². The first-order valence-electron chi connectivity index (χ1n) is 18.0. The SMILES string of the molecule is CC1(C)c2ccc(Oc3ccc4c5ccccc5n5ccnc5c4c3)cc2N(c2ccccn2)c2cc3c4ccccc4n(-c4ccccc4)c3cc21. The largest absolute Gasteiger partial charge is 0.457 e. The van der Waals surface area contributed by atoms with Gasteiger partial charge in [0.05, 0.1) is 27.9 Å². The highest BCUT2D eigenvalue weighted by Crippen LogP contribution is 2.54. The van der Waals surface area contributed by atoms with Gasteiger partial charge in [-0.3, -0.25) is 9.30 Å². The van der Waals surface area contributed by atoms with Crippen LogP contribution in [-0.2, 0) is 5.41 Å². The van der Waals surface area contributed by atoms with E-state index in [-0.39, 0.29) is 5.41 Å². The lowest BCUT2D eigenvalue weighted by molar-refractivity contribution is 0.482. The van der Waals surface area contributed by atoms with Gasteiger partial charge in [0, 0.05) is 57.3 Å². The molecule has 0 radical (unpaired) electrons. The summed E-state index contributed by atoms with van der Waals surface area (Å²) in [7, 11) is 0. The fraction of sp³-hybridized carbons (Fsp3) is 0.0638. The molecule has 1 aliphatic rings. The molecule has 0 saturated heterocycles. The van der Waals surface area contributed by atoms with Gasteiger partial charge in [0.1, 0.15) is 23.0 Å². The van der Waals surface area contributed by atoms with Crippen molar-refractivity contribution in [2.45, 2.75) is 19.3 Å². The minimum absolute atomic E-state index is 0.322. The van der Waals surface area contributed by atoms with Gasteiger partial charge in [-0.05, 0) is 89.3 Å². The van der Waals surface area contributed by atoms with Crippen molar-refractivity contribution in [1.29, 1.82) is 0 Å². The third-order valence-corrected chi connectivity index (χ3v) is 11.0. The number of imidazole rings is 1. The molecular formula is C47H33N5O. The van der Waals surface area contributed by atoms with Gasteiger partial charge in [0.15, 0.2) is 0 Å².